The Bertz CT molecular complexity index is 475. The summed E-state index contributed by atoms with van der Waals surface area (Å²) in [5.41, 5.74) is 8.75. The van der Waals surface area contributed by atoms with Crippen LogP contribution < -0.4 is 10.5 Å². The highest BCUT2D eigenvalue weighted by Gasteiger charge is 2.13. The minimum absolute atomic E-state index is 0.00709. The van der Waals surface area contributed by atoms with E-state index < -0.39 is 0 Å². The lowest BCUT2D eigenvalue weighted by Crippen LogP contribution is -2.12. The van der Waals surface area contributed by atoms with Gasteiger partial charge in [-0.25, -0.2) is 0 Å². The first-order valence-electron chi connectivity index (χ1n) is 5.63. The van der Waals surface area contributed by atoms with Gasteiger partial charge in [-0.3, -0.25) is 0 Å². The zero-order valence-electron chi connectivity index (χ0n) is 10.1. The van der Waals surface area contributed by atoms with Crippen LogP contribution in [0.5, 0.6) is 5.75 Å². The van der Waals surface area contributed by atoms with Gasteiger partial charge in [0.15, 0.2) is 0 Å². The van der Waals surface area contributed by atoms with Crippen LogP contribution in [-0.2, 0) is 6.42 Å². The Morgan fingerprint density at radius 1 is 1.24 bits per heavy atom. The number of benzene rings is 1. The summed E-state index contributed by atoms with van der Waals surface area (Å²) in [6, 6.07) is 10.5. The van der Waals surface area contributed by atoms with Crippen LogP contribution in [0.1, 0.15) is 22.0 Å². The van der Waals surface area contributed by atoms with Crippen LogP contribution in [0.4, 0.5) is 0 Å². The molecule has 3 heteroatoms. The maximum Gasteiger partial charge on any atom is 0.134 e. The minimum Gasteiger partial charge on any atom is -0.496 e. The van der Waals surface area contributed by atoms with Gasteiger partial charge in [-0.15, -0.1) is 11.3 Å². The van der Waals surface area contributed by atoms with Crippen molar-refractivity contribution in [2.45, 2.75) is 19.4 Å². The fraction of sp³-hybridized carbons (Fsp3) is 0.286. The van der Waals surface area contributed by atoms with E-state index in [-0.39, 0.29) is 6.04 Å². The highest BCUT2D eigenvalue weighted by molar-refractivity contribution is 7.10. The molecule has 2 N–H and O–H groups in total. The predicted molar refractivity (Wildman–Crippen MR) is 72.7 cm³/mol. The number of methoxy groups -OCH3 is 1. The largest absolute Gasteiger partial charge is 0.496 e. The number of rotatable bonds is 4. The first-order valence-corrected chi connectivity index (χ1v) is 6.51. The summed E-state index contributed by atoms with van der Waals surface area (Å²) in [6.07, 6.45) is 0.844. The molecule has 2 nitrogen and oxygen atoms in total. The van der Waals surface area contributed by atoms with E-state index in [1.165, 1.54) is 11.1 Å². The Hall–Kier alpha value is -1.32. The van der Waals surface area contributed by atoms with Crippen molar-refractivity contribution in [3.8, 4) is 5.75 Å². The van der Waals surface area contributed by atoms with Gasteiger partial charge < -0.3 is 10.5 Å². The summed E-state index contributed by atoms with van der Waals surface area (Å²) in [4.78, 5) is 1.12. The second-order valence-electron chi connectivity index (χ2n) is 4.15. The summed E-state index contributed by atoms with van der Waals surface area (Å²) in [5, 5.41) is 2.02. The van der Waals surface area contributed by atoms with E-state index in [1.54, 1.807) is 18.4 Å². The molecule has 0 bridgehead atoms. The van der Waals surface area contributed by atoms with Crippen molar-refractivity contribution in [1.29, 1.82) is 0 Å². The van der Waals surface area contributed by atoms with Gasteiger partial charge in [0.05, 0.1) is 12.0 Å². The lowest BCUT2D eigenvalue weighted by atomic mass is 10.0. The second kappa shape index (κ2) is 5.34. The highest BCUT2D eigenvalue weighted by atomic mass is 32.1. The predicted octanol–water partition coefficient (Wildman–Crippen LogP) is 3.31. The van der Waals surface area contributed by atoms with Gasteiger partial charge in [-0.2, -0.15) is 0 Å². The molecule has 0 radical (unpaired) electrons. The molecule has 0 spiro atoms. The molecule has 1 atom stereocenters. The third kappa shape index (κ3) is 2.87. The van der Waals surface area contributed by atoms with Crippen molar-refractivity contribution in [1.82, 2.24) is 0 Å². The van der Waals surface area contributed by atoms with Crippen molar-refractivity contribution in [3.05, 3.63) is 51.7 Å². The van der Waals surface area contributed by atoms with E-state index in [0.29, 0.717) is 0 Å². The Labute approximate surface area is 106 Å². The fourth-order valence-electron chi connectivity index (χ4n) is 1.82. The van der Waals surface area contributed by atoms with Crippen LogP contribution in [0.3, 0.4) is 0 Å². The quantitative estimate of drug-likeness (QED) is 0.899. The van der Waals surface area contributed by atoms with E-state index in [0.717, 1.165) is 17.0 Å². The van der Waals surface area contributed by atoms with Crippen LogP contribution in [-0.4, -0.2) is 7.11 Å². The number of hydrogen-bond acceptors (Lipinski definition) is 3. The molecule has 90 valence electrons. The first-order chi connectivity index (χ1) is 8.20. The molecule has 0 amide bonds. The molecule has 0 fully saturated rings. The Kier molecular flexibility index (Phi) is 3.82. The summed E-state index contributed by atoms with van der Waals surface area (Å²) >= 11 is 1.65. The van der Waals surface area contributed by atoms with Gasteiger partial charge in [-0.05, 0) is 30.4 Å². The molecule has 0 aliphatic carbocycles. The highest BCUT2D eigenvalue weighted by Crippen LogP contribution is 2.31. The number of hydrogen-bond donors (Lipinski definition) is 1. The lowest BCUT2D eigenvalue weighted by molar-refractivity contribution is 0.409. The Morgan fingerprint density at radius 3 is 2.59 bits per heavy atom. The third-order valence-electron chi connectivity index (χ3n) is 2.79. The van der Waals surface area contributed by atoms with Crippen molar-refractivity contribution in [2.75, 3.05) is 7.11 Å². The van der Waals surface area contributed by atoms with Crippen molar-refractivity contribution < 1.29 is 4.74 Å². The molecule has 1 aromatic heterocycles. The van der Waals surface area contributed by atoms with E-state index in [9.17, 15) is 0 Å². The topological polar surface area (TPSA) is 35.2 Å². The summed E-state index contributed by atoms with van der Waals surface area (Å²) in [5.74, 6) is 0.898. The molecule has 1 unspecified atom stereocenters. The Morgan fingerprint density at radius 2 is 1.94 bits per heavy atom. The Balaban J connectivity index is 2.11. The monoisotopic (exact) mass is 247 g/mol. The standard InChI is InChI=1S/C14H17NOS/c1-10-3-5-11(6-4-10)9-12(15)14-13(16-2)7-8-17-14/h3-8,12H,9,15H2,1-2H3. The maximum atomic E-state index is 6.22. The molecule has 1 heterocycles. The minimum atomic E-state index is 0.00709. The fourth-order valence-corrected chi connectivity index (χ4v) is 2.68. The summed E-state index contributed by atoms with van der Waals surface area (Å²) < 4.78 is 5.29. The molecule has 0 saturated heterocycles. The average Bonchev–Trinajstić information content (AvgIpc) is 2.80. The smallest absolute Gasteiger partial charge is 0.134 e. The van der Waals surface area contributed by atoms with Crippen LogP contribution >= 0.6 is 11.3 Å². The van der Waals surface area contributed by atoms with Crippen LogP contribution in [0, 0.1) is 6.92 Å². The number of nitrogens with two attached hydrogens (primary N) is 1. The summed E-state index contributed by atoms with van der Waals surface area (Å²) in [6.45, 7) is 2.09. The van der Waals surface area contributed by atoms with E-state index in [1.807, 2.05) is 11.4 Å². The second-order valence-corrected chi connectivity index (χ2v) is 5.10. The molecule has 2 rings (SSSR count). The number of thiophene rings is 1. The van der Waals surface area contributed by atoms with Crippen LogP contribution in [0.25, 0.3) is 0 Å². The molecule has 0 saturated carbocycles. The van der Waals surface area contributed by atoms with E-state index in [4.69, 9.17) is 10.5 Å². The summed E-state index contributed by atoms with van der Waals surface area (Å²) in [7, 11) is 1.68. The zero-order chi connectivity index (χ0) is 12.3. The van der Waals surface area contributed by atoms with Gasteiger partial charge in [0, 0.05) is 6.04 Å². The van der Waals surface area contributed by atoms with Gasteiger partial charge in [0.2, 0.25) is 0 Å². The SMILES string of the molecule is COc1ccsc1C(N)Cc1ccc(C)cc1. The van der Waals surface area contributed by atoms with Crippen molar-refractivity contribution in [3.63, 3.8) is 0 Å². The van der Waals surface area contributed by atoms with E-state index >= 15 is 0 Å². The van der Waals surface area contributed by atoms with Gasteiger partial charge >= 0.3 is 0 Å². The van der Waals surface area contributed by atoms with Gasteiger partial charge in [-0.1, -0.05) is 29.8 Å². The maximum absolute atomic E-state index is 6.22. The molecule has 0 aliphatic heterocycles. The first kappa shape index (κ1) is 12.1. The average molecular weight is 247 g/mol. The van der Waals surface area contributed by atoms with Gasteiger partial charge in [0.25, 0.3) is 0 Å². The molecular formula is C14H17NOS. The third-order valence-corrected chi connectivity index (χ3v) is 3.82. The van der Waals surface area contributed by atoms with Crippen molar-refractivity contribution in [2.24, 2.45) is 5.73 Å². The van der Waals surface area contributed by atoms with Crippen LogP contribution in [0.2, 0.25) is 0 Å². The van der Waals surface area contributed by atoms with E-state index in [2.05, 4.69) is 31.2 Å². The molecular weight excluding hydrogens is 230 g/mol. The molecule has 1 aromatic carbocycles. The lowest BCUT2D eigenvalue weighted by Gasteiger charge is -2.12. The van der Waals surface area contributed by atoms with Crippen molar-refractivity contribution >= 4 is 11.3 Å². The molecule has 0 aliphatic rings. The molecule has 17 heavy (non-hydrogen) atoms. The zero-order valence-corrected chi connectivity index (χ0v) is 11.0. The number of aryl methyl sites for hydroxylation is 1. The van der Waals surface area contributed by atoms with Crippen LogP contribution in [0.15, 0.2) is 35.7 Å². The molecule has 2 aromatic rings. The van der Waals surface area contributed by atoms with Gasteiger partial charge in [0.1, 0.15) is 5.75 Å². The number of ether oxygens (including phenoxy) is 1. The normalized spacial score (nSPS) is 12.4.